The van der Waals surface area contributed by atoms with Crippen molar-refractivity contribution in [1.29, 1.82) is 0 Å². The molecule has 1 rings (SSSR count). The number of aliphatic hydroxyl groups excluding tert-OH is 1. The Balaban J connectivity index is 2.87. The van der Waals surface area contributed by atoms with Gasteiger partial charge in [0.25, 0.3) is 0 Å². The lowest BCUT2D eigenvalue weighted by Crippen LogP contribution is -1.96. The standard InChI is InChI=1S/C10H12Cl2O/c1-2-3-10(13)7-4-8(11)6-9(12)5-7/h4-6,10,13H,2-3H2,1H3. The Hall–Kier alpha value is -0.240. The first-order valence-electron chi connectivity index (χ1n) is 4.27. The summed E-state index contributed by atoms with van der Waals surface area (Å²) in [5.74, 6) is 0. The molecular weight excluding hydrogens is 207 g/mol. The van der Waals surface area contributed by atoms with E-state index in [2.05, 4.69) is 0 Å². The summed E-state index contributed by atoms with van der Waals surface area (Å²) >= 11 is 11.6. The highest BCUT2D eigenvalue weighted by Crippen LogP contribution is 2.25. The molecule has 0 heterocycles. The number of benzene rings is 1. The first-order valence-corrected chi connectivity index (χ1v) is 5.03. The minimum atomic E-state index is -0.457. The maximum Gasteiger partial charge on any atom is 0.0791 e. The lowest BCUT2D eigenvalue weighted by atomic mass is 10.1. The van der Waals surface area contributed by atoms with Gasteiger partial charge >= 0.3 is 0 Å². The van der Waals surface area contributed by atoms with E-state index in [4.69, 9.17) is 23.2 Å². The summed E-state index contributed by atoms with van der Waals surface area (Å²) in [5, 5.41) is 10.8. The van der Waals surface area contributed by atoms with E-state index in [-0.39, 0.29) is 0 Å². The Bertz CT molecular complexity index is 266. The maximum atomic E-state index is 9.65. The highest BCUT2D eigenvalue weighted by atomic mass is 35.5. The van der Waals surface area contributed by atoms with E-state index in [1.807, 2.05) is 6.92 Å². The van der Waals surface area contributed by atoms with E-state index < -0.39 is 6.10 Å². The molecule has 0 fully saturated rings. The molecule has 0 amide bonds. The maximum absolute atomic E-state index is 9.65. The topological polar surface area (TPSA) is 20.2 Å². The molecule has 0 aliphatic carbocycles. The monoisotopic (exact) mass is 218 g/mol. The third kappa shape index (κ3) is 3.18. The van der Waals surface area contributed by atoms with Crippen LogP contribution in [-0.4, -0.2) is 5.11 Å². The summed E-state index contributed by atoms with van der Waals surface area (Å²) in [6.45, 7) is 2.02. The quantitative estimate of drug-likeness (QED) is 0.818. The molecule has 0 saturated heterocycles. The third-order valence-electron chi connectivity index (χ3n) is 1.83. The van der Waals surface area contributed by atoms with Crippen LogP contribution in [0.4, 0.5) is 0 Å². The highest BCUT2D eigenvalue weighted by Gasteiger charge is 2.07. The van der Waals surface area contributed by atoms with Crippen LogP contribution >= 0.6 is 23.2 Å². The van der Waals surface area contributed by atoms with E-state index >= 15 is 0 Å². The SMILES string of the molecule is CCCC(O)c1cc(Cl)cc(Cl)c1. The summed E-state index contributed by atoms with van der Waals surface area (Å²) in [4.78, 5) is 0. The fourth-order valence-corrected chi connectivity index (χ4v) is 1.75. The fraction of sp³-hybridized carbons (Fsp3) is 0.400. The summed E-state index contributed by atoms with van der Waals surface area (Å²) in [7, 11) is 0. The number of aliphatic hydroxyl groups is 1. The van der Waals surface area contributed by atoms with Crippen LogP contribution in [0.2, 0.25) is 10.0 Å². The largest absolute Gasteiger partial charge is 0.388 e. The Morgan fingerprint density at radius 2 is 1.77 bits per heavy atom. The second-order valence-electron chi connectivity index (χ2n) is 3.01. The molecule has 0 bridgehead atoms. The van der Waals surface area contributed by atoms with Crippen LogP contribution in [-0.2, 0) is 0 Å². The van der Waals surface area contributed by atoms with Gasteiger partial charge in [0.15, 0.2) is 0 Å². The molecule has 13 heavy (non-hydrogen) atoms. The molecule has 1 N–H and O–H groups in total. The van der Waals surface area contributed by atoms with Crippen LogP contribution in [0.15, 0.2) is 18.2 Å². The zero-order valence-corrected chi connectivity index (χ0v) is 8.94. The molecule has 3 heteroatoms. The first-order chi connectivity index (χ1) is 6.13. The van der Waals surface area contributed by atoms with Crippen molar-refractivity contribution in [3.8, 4) is 0 Å². The van der Waals surface area contributed by atoms with Gasteiger partial charge in [-0.1, -0.05) is 36.5 Å². The number of halogens is 2. The molecule has 1 atom stereocenters. The average molecular weight is 219 g/mol. The van der Waals surface area contributed by atoms with Crippen molar-refractivity contribution in [2.24, 2.45) is 0 Å². The van der Waals surface area contributed by atoms with Crippen LogP contribution in [0.5, 0.6) is 0 Å². The van der Waals surface area contributed by atoms with Crippen molar-refractivity contribution in [2.75, 3.05) is 0 Å². The summed E-state index contributed by atoms with van der Waals surface area (Å²) in [5.41, 5.74) is 0.791. The van der Waals surface area contributed by atoms with E-state index in [1.54, 1.807) is 18.2 Å². The lowest BCUT2D eigenvalue weighted by Gasteiger charge is -2.10. The van der Waals surface area contributed by atoms with Crippen molar-refractivity contribution in [3.05, 3.63) is 33.8 Å². The molecule has 1 unspecified atom stereocenters. The predicted molar refractivity (Wildman–Crippen MR) is 56.3 cm³/mol. The van der Waals surface area contributed by atoms with Gasteiger partial charge in [0.1, 0.15) is 0 Å². The second kappa shape index (κ2) is 4.85. The third-order valence-corrected chi connectivity index (χ3v) is 2.27. The summed E-state index contributed by atoms with van der Waals surface area (Å²) in [6, 6.07) is 5.15. The molecule has 72 valence electrons. The second-order valence-corrected chi connectivity index (χ2v) is 3.88. The minimum Gasteiger partial charge on any atom is -0.388 e. The van der Waals surface area contributed by atoms with Gasteiger partial charge in [-0.2, -0.15) is 0 Å². The van der Waals surface area contributed by atoms with Gasteiger partial charge in [-0.05, 0) is 30.2 Å². The molecule has 0 aliphatic heterocycles. The van der Waals surface area contributed by atoms with Crippen LogP contribution in [0, 0.1) is 0 Å². The van der Waals surface area contributed by atoms with Gasteiger partial charge in [0.2, 0.25) is 0 Å². The first kappa shape index (κ1) is 10.8. The van der Waals surface area contributed by atoms with E-state index in [9.17, 15) is 5.11 Å². The minimum absolute atomic E-state index is 0.457. The molecule has 0 radical (unpaired) electrons. The Morgan fingerprint density at radius 3 is 2.23 bits per heavy atom. The molecule has 0 spiro atoms. The van der Waals surface area contributed by atoms with Gasteiger partial charge < -0.3 is 5.11 Å². The zero-order chi connectivity index (χ0) is 9.84. The highest BCUT2D eigenvalue weighted by molar-refractivity contribution is 6.34. The van der Waals surface area contributed by atoms with Crippen molar-refractivity contribution in [3.63, 3.8) is 0 Å². The summed E-state index contributed by atoms with van der Waals surface area (Å²) in [6.07, 6.45) is 1.21. The number of hydrogen-bond donors (Lipinski definition) is 1. The Labute approximate surface area is 88.3 Å². The van der Waals surface area contributed by atoms with Crippen molar-refractivity contribution in [2.45, 2.75) is 25.9 Å². The lowest BCUT2D eigenvalue weighted by molar-refractivity contribution is 0.166. The molecular formula is C10H12Cl2O. The van der Waals surface area contributed by atoms with Gasteiger partial charge in [0, 0.05) is 10.0 Å². The van der Waals surface area contributed by atoms with Gasteiger partial charge in [0.05, 0.1) is 6.10 Å². The number of hydrogen-bond acceptors (Lipinski definition) is 1. The smallest absolute Gasteiger partial charge is 0.0791 e. The molecule has 1 aromatic carbocycles. The van der Waals surface area contributed by atoms with Crippen molar-refractivity contribution in [1.82, 2.24) is 0 Å². The average Bonchev–Trinajstić information content (AvgIpc) is 2.03. The van der Waals surface area contributed by atoms with E-state index in [0.717, 1.165) is 18.4 Å². The molecule has 1 nitrogen and oxygen atoms in total. The van der Waals surface area contributed by atoms with Gasteiger partial charge in [-0.25, -0.2) is 0 Å². The van der Waals surface area contributed by atoms with E-state index in [1.165, 1.54) is 0 Å². The van der Waals surface area contributed by atoms with Crippen molar-refractivity contribution >= 4 is 23.2 Å². The molecule has 1 aromatic rings. The fourth-order valence-electron chi connectivity index (χ4n) is 1.21. The molecule has 0 aromatic heterocycles. The number of rotatable bonds is 3. The summed E-state index contributed by atoms with van der Waals surface area (Å²) < 4.78 is 0. The van der Waals surface area contributed by atoms with Gasteiger partial charge in [-0.3, -0.25) is 0 Å². The normalized spacial score (nSPS) is 12.9. The Morgan fingerprint density at radius 1 is 1.23 bits per heavy atom. The molecule has 0 aliphatic rings. The van der Waals surface area contributed by atoms with Crippen LogP contribution in [0.1, 0.15) is 31.4 Å². The molecule has 0 saturated carbocycles. The zero-order valence-electron chi connectivity index (χ0n) is 7.43. The predicted octanol–water partition coefficient (Wildman–Crippen LogP) is 3.83. The van der Waals surface area contributed by atoms with Gasteiger partial charge in [-0.15, -0.1) is 0 Å². The Kier molecular flexibility index (Phi) is 4.04. The van der Waals surface area contributed by atoms with Crippen LogP contribution in [0.3, 0.4) is 0 Å². The van der Waals surface area contributed by atoms with Crippen molar-refractivity contribution < 1.29 is 5.11 Å². The van der Waals surface area contributed by atoms with Crippen LogP contribution < -0.4 is 0 Å². The van der Waals surface area contributed by atoms with E-state index in [0.29, 0.717) is 10.0 Å². The van der Waals surface area contributed by atoms with Crippen LogP contribution in [0.25, 0.3) is 0 Å².